The Balaban J connectivity index is 2.08. The molecule has 3 rings (SSSR count). The largest absolute Gasteiger partial charge is 0.477 e. The summed E-state index contributed by atoms with van der Waals surface area (Å²) in [6.45, 7) is 14.1. The minimum atomic E-state index is -1.04. The van der Waals surface area contributed by atoms with Crippen molar-refractivity contribution in [2.75, 3.05) is 0 Å². The number of ketones is 1. The molecule has 0 amide bonds. The van der Waals surface area contributed by atoms with E-state index in [0.717, 1.165) is 37.0 Å². The molecule has 184 valence electrons. The molecule has 1 N–H and O–H groups in total. The molecule has 0 saturated heterocycles. The third-order valence-corrected chi connectivity index (χ3v) is 7.49. The Labute approximate surface area is 206 Å². The highest BCUT2D eigenvalue weighted by molar-refractivity contribution is 7.14. The quantitative estimate of drug-likeness (QED) is 0.443. The second kappa shape index (κ2) is 10.4. The zero-order valence-corrected chi connectivity index (χ0v) is 22.1. The van der Waals surface area contributed by atoms with Gasteiger partial charge in [-0.3, -0.25) is 4.79 Å². The summed E-state index contributed by atoms with van der Waals surface area (Å²) in [4.78, 5) is 31.5. The van der Waals surface area contributed by atoms with Crippen LogP contribution in [0.2, 0.25) is 0 Å². The number of rotatable bonds is 7. The molecule has 0 aliphatic heterocycles. The first kappa shape index (κ1) is 26.2. The zero-order chi connectivity index (χ0) is 25.2. The molecule has 34 heavy (non-hydrogen) atoms. The summed E-state index contributed by atoms with van der Waals surface area (Å²) < 4.78 is 5.56. The lowest BCUT2D eigenvalue weighted by molar-refractivity contribution is -0.126. The highest BCUT2D eigenvalue weighted by atomic mass is 32.1. The lowest BCUT2D eigenvalue weighted by Crippen LogP contribution is -2.29. The Morgan fingerprint density at radius 3 is 2.35 bits per heavy atom. The summed E-state index contributed by atoms with van der Waals surface area (Å²) in [6.07, 6.45) is 3.67. The summed E-state index contributed by atoms with van der Waals surface area (Å²) in [6, 6.07) is 1.79. The monoisotopic (exact) mass is 484 g/mol. The fourth-order valence-corrected chi connectivity index (χ4v) is 5.29. The predicted molar refractivity (Wildman–Crippen MR) is 133 cm³/mol. The molecule has 1 saturated carbocycles. The molecule has 0 radical (unpaired) electrons. The van der Waals surface area contributed by atoms with Crippen LogP contribution < -0.4 is 0 Å². The van der Waals surface area contributed by atoms with Crippen LogP contribution in [-0.2, 0) is 4.79 Å². The Bertz CT molecular complexity index is 1090. The number of hydrogen-bond donors (Lipinski definition) is 1. The van der Waals surface area contributed by atoms with E-state index in [1.165, 1.54) is 0 Å². The van der Waals surface area contributed by atoms with Crippen LogP contribution in [0.4, 0.5) is 0 Å². The number of carboxylic acids is 1. The lowest BCUT2D eigenvalue weighted by atomic mass is 9.73. The van der Waals surface area contributed by atoms with Crippen molar-refractivity contribution >= 4 is 23.1 Å². The molecule has 7 heteroatoms. The van der Waals surface area contributed by atoms with Gasteiger partial charge in [0.2, 0.25) is 5.89 Å². The molecular formula is C27H36N2O4S. The van der Waals surface area contributed by atoms with Crippen LogP contribution in [0.3, 0.4) is 0 Å². The van der Waals surface area contributed by atoms with Gasteiger partial charge in [-0.1, -0.05) is 57.5 Å². The fraction of sp³-hybridized carbons (Fsp3) is 0.630. The van der Waals surface area contributed by atoms with Crippen LogP contribution in [0.15, 0.2) is 10.6 Å². The first-order chi connectivity index (χ1) is 15.9. The Kier molecular flexibility index (Phi) is 8.02. The van der Waals surface area contributed by atoms with Gasteiger partial charge in [0, 0.05) is 23.2 Å². The second-order valence-electron chi connectivity index (χ2n) is 11.0. The average Bonchev–Trinajstić information content (AvgIpc) is 3.40. The van der Waals surface area contributed by atoms with Crippen LogP contribution in [0.5, 0.6) is 0 Å². The third-order valence-electron chi connectivity index (χ3n) is 6.44. The average molecular weight is 485 g/mol. The van der Waals surface area contributed by atoms with E-state index in [9.17, 15) is 14.7 Å². The zero-order valence-electron chi connectivity index (χ0n) is 21.3. The van der Waals surface area contributed by atoms with Crippen LogP contribution >= 0.6 is 11.3 Å². The van der Waals surface area contributed by atoms with E-state index in [4.69, 9.17) is 4.52 Å². The summed E-state index contributed by atoms with van der Waals surface area (Å²) in [5.74, 6) is 5.76. The first-order valence-electron chi connectivity index (χ1n) is 12.1. The van der Waals surface area contributed by atoms with Crippen molar-refractivity contribution in [2.45, 2.75) is 91.9 Å². The predicted octanol–water partition coefficient (Wildman–Crippen LogP) is 6.63. The van der Waals surface area contributed by atoms with E-state index < -0.39 is 17.8 Å². The highest BCUT2D eigenvalue weighted by Gasteiger charge is 2.39. The van der Waals surface area contributed by atoms with Crippen molar-refractivity contribution < 1.29 is 19.2 Å². The van der Waals surface area contributed by atoms with Crippen molar-refractivity contribution in [2.24, 2.45) is 17.3 Å². The third kappa shape index (κ3) is 6.15. The van der Waals surface area contributed by atoms with Crippen molar-refractivity contribution in [3.63, 3.8) is 0 Å². The number of aromatic carboxylic acids is 1. The van der Waals surface area contributed by atoms with E-state index >= 15 is 0 Å². The van der Waals surface area contributed by atoms with Gasteiger partial charge in [-0.2, -0.15) is 4.98 Å². The van der Waals surface area contributed by atoms with Crippen LogP contribution in [-0.4, -0.2) is 27.0 Å². The number of aromatic nitrogens is 2. The maximum absolute atomic E-state index is 13.9. The molecule has 2 aromatic heterocycles. The van der Waals surface area contributed by atoms with Gasteiger partial charge in [-0.05, 0) is 51.2 Å². The van der Waals surface area contributed by atoms with Gasteiger partial charge >= 0.3 is 5.97 Å². The molecule has 2 aromatic rings. The fourth-order valence-electron chi connectivity index (χ4n) is 4.39. The lowest BCUT2D eigenvalue weighted by Gasteiger charge is -2.30. The molecule has 2 heterocycles. The molecule has 1 aliphatic carbocycles. The molecule has 2 atom stereocenters. The number of carbonyl (C=O) groups is 2. The molecule has 6 nitrogen and oxygen atoms in total. The number of carbonyl (C=O) groups excluding carboxylic acids is 1. The number of hydrogen-bond acceptors (Lipinski definition) is 6. The standard InChI is InChI=1S/C27H36N2O4S/c1-15(2)24-28-25(33-29-24)17(4)21(22(30)18-10-8-16(3)9-11-18)20-14-19(12-13-27(5,6)7)34-23(20)26(31)32/h14-18,21H,8-11H2,1-7H3,(H,31,32). The Morgan fingerprint density at radius 2 is 1.82 bits per heavy atom. The van der Waals surface area contributed by atoms with Crippen molar-refractivity contribution in [1.29, 1.82) is 0 Å². The number of nitrogens with zero attached hydrogens (tertiary/aromatic N) is 2. The topological polar surface area (TPSA) is 93.3 Å². The normalized spacial score (nSPS) is 20.5. The minimum absolute atomic E-state index is 0.0688. The van der Waals surface area contributed by atoms with Gasteiger partial charge in [-0.15, -0.1) is 11.3 Å². The van der Waals surface area contributed by atoms with Crippen molar-refractivity contribution in [3.8, 4) is 11.8 Å². The Hall–Kier alpha value is -2.46. The maximum Gasteiger partial charge on any atom is 0.346 e. The van der Waals surface area contributed by atoms with Gasteiger partial charge in [0.15, 0.2) is 5.82 Å². The number of thiophene rings is 1. The molecule has 1 fully saturated rings. The molecule has 2 unspecified atom stereocenters. The van der Waals surface area contributed by atoms with E-state index in [1.54, 1.807) is 6.07 Å². The second-order valence-corrected chi connectivity index (χ2v) is 12.0. The van der Waals surface area contributed by atoms with Gasteiger partial charge in [-0.25, -0.2) is 4.79 Å². The molecule has 1 aliphatic rings. The van der Waals surface area contributed by atoms with E-state index in [0.29, 0.717) is 28.1 Å². The van der Waals surface area contributed by atoms with Crippen molar-refractivity contribution in [3.05, 3.63) is 33.1 Å². The van der Waals surface area contributed by atoms with E-state index in [1.807, 2.05) is 41.5 Å². The van der Waals surface area contributed by atoms with Gasteiger partial charge in [0.25, 0.3) is 0 Å². The first-order valence-corrected chi connectivity index (χ1v) is 13.0. The highest BCUT2D eigenvalue weighted by Crippen LogP contribution is 2.42. The molecule has 0 aromatic carbocycles. The minimum Gasteiger partial charge on any atom is -0.477 e. The number of carboxylic acid groups (broad SMARTS) is 1. The maximum atomic E-state index is 13.9. The van der Waals surface area contributed by atoms with E-state index in [-0.39, 0.29) is 27.9 Å². The van der Waals surface area contributed by atoms with Crippen LogP contribution in [0.25, 0.3) is 0 Å². The molecule has 0 spiro atoms. The van der Waals surface area contributed by atoms with Gasteiger partial charge in [0.1, 0.15) is 10.7 Å². The van der Waals surface area contributed by atoms with Gasteiger partial charge < -0.3 is 9.63 Å². The summed E-state index contributed by atoms with van der Waals surface area (Å²) in [5, 5.41) is 14.1. The molecular weight excluding hydrogens is 448 g/mol. The Morgan fingerprint density at radius 1 is 1.18 bits per heavy atom. The summed E-state index contributed by atoms with van der Waals surface area (Å²) >= 11 is 1.13. The smallest absolute Gasteiger partial charge is 0.346 e. The summed E-state index contributed by atoms with van der Waals surface area (Å²) in [7, 11) is 0. The molecule has 0 bridgehead atoms. The van der Waals surface area contributed by atoms with E-state index in [2.05, 4.69) is 28.9 Å². The summed E-state index contributed by atoms with van der Waals surface area (Å²) in [5.41, 5.74) is 0.294. The van der Waals surface area contributed by atoms with Crippen molar-refractivity contribution in [1.82, 2.24) is 10.1 Å². The number of Topliss-reactive ketones (excluding diaryl/α,β-unsaturated/α-hetero) is 1. The SMILES string of the molecule is CC1CCC(C(=O)C(c2cc(C#CC(C)(C)C)sc2C(=O)O)C(C)c2nc(C(C)C)no2)CC1. The van der Waals surface area contributed by atoms with Crippen LogP contribution in [0, 0.1) is 29.1 Å². The van der Waals surface area contributed by atoms with Crippen LogP contribution in [0.1, 0.15) is 124 Å². The van der Waals surface area contributed by atoms with Gasteiger partial charge in [0.05, 0.1) is 10.8 Å².